The van der Waals surface area contributed by atoms with E-state index in [0.717, 1.165) is 18.4 Å². The zero-order chi connectivity index (χ0) is 15.2. The molecule has 1 aromatic rings. The first-order valence-electron chi connectivity index (χ1n) is 7.17. The molecule has 21 heavy (non-hydrogen) atoms. The van der Waals surface area contributed by atoms with Gasteiger partial charge in [-0.05, 0) is 43.9 Å². The Kier molecular flexibility index (Phi) is 5.16. The van der Waals surface area contributed by atoms with E-state index in [-0.39, 0.29) is 24.5 Å². The third-order valence-corrected chi connectivity index (χ3v) is 3.32. The minimum absolute atomic E-state index is 0.0391. The molecule has 0 aliphatic heterocycles. The predicted molar refractivity (Wildman–Crippen MR) is 81.3 cm³/mol. The van der Waals surface area contributed by atoms with Gasteiger partial charge in [-0.3, -0.25) is 4.79 Å². The maximum Gasteiger partial charge on any atom is 0.319 e. The molecule has 0 spiro atoms. The van der Waals surface area contributed by atoms with Gasteiger partial charge >= 0.3 is 6.03 Å². The van der Waals surface area contributed by atoms with Crippen LogP contribution >= 0.6 is 0 Å². The summed E-state index contributed by atoms with van der Waals surface area (Å²) in [5.41, 5.74) is 2.25. The molecule has 114 valence electrons. The average Bonchev–Trinajstić information content (AvgIpc) is 3.27. The van der Waals surface area contributed by atoms with Gasteiger partial charge in [-0.1, -0.05) is 6.07 Å². The van der Waals surface area contributed by atoms with Crippen LogP contribution in [0.4, 0.5) is 16.2 Å². The molecular formula is C15H21N3O3. The van der Waals surface area contributed by atoms with Gasteiger partial charge in [0.2, 0.25) is 5.91 Å². The largest absolute Gasteiger partial charge is 0.396 e. The average molecular weight is 291 g/mol. The molecule has 0 aromatic heterocycles. The van der Waals surface area contributed by atoms with Crippen LogP contribution in [-0.4, -0.2) is 30.2 Å². The molecule has 0 bridgehead atoms. The molecule has 0 heterocycles. The second-order valence-electron chi connectivity index (χ2n) is 5.25. The van der Waals surface area contributed by atoms with E-state index in [1.165, 1.54) is 0 Å². The van der Waals surface area contributed by atoms with Crippen molar-refractivity contribution in [2.75, 3.05) is 23.8 Å². The number of anilines is 2. The molecule has 0 saturated heterocycles. The molecule has 3 amide bonds. The number of hydrogen-bond acceptors (Lipinski definition) is 3. The van der Waals surface area contributed by atoms with Gasteiger partial charge in [0.25, 0.3) is 0 Å². The number of hydrogen-bond donors (Lipinski definition) is 4. The summed E-state index contributed by atoms with van der Waals surface area (Å²) in [6, 6.07) is 5.11. The smallest absolute Gasteiger partial charge is 0.319 e. The molecule has 1 aliphatic carbocycles. The fourth-order valence-electron chi connectivity index (χ4n) is 1.87. The SMILES string of the molecule is Cc1ccc(NC(=O)C2CC2)cc1NC(=O)NCCCO. The van der Waals surface area contributed by atoms with Crippen LogP contribution in [0.2, 0.25) is 0 Å². The molecule has 0 unspecified atom stereocenters. The fourth-order valence-corrected chi connectivity index (χ4v) is 1.87. The fraction of sp³-hybridized carbons (Fsp3) is 0.467. The molecule has 1 saturated carbocycles. The van der Waals surface area contributed by atoms with Gasteiger partial charge < -0.3 is 21.1 Å². The maximum absolute atomic E-state index is 11.7. The quantitative estimate of drug-likeness (QED) is 0.603. The van der Waals surface area contributed by atoms with E-state index in [9.17, 15) is 9.59 Å². The van der Waals surface area contributed by atoms with Crippen molar-refractivity contribution < 1.29 is 14.7 Å². The molecule has 1 aliphatic rings. The Morgan fingerprint density at radius 2 is 2.05 bits per heavy atom. The minimum Gasteiger partial charge on any atom is -0.396 e. The lowest BCUT2D eigenvalue weighted by molar-refractivity contribution is -0.117. The Labute approximate surface area is 123 Å². The van der Waals surface area contributed by atoms with Crippen molar-refractivity contribution >= 4 is 23.3 Å². The van der Waals surface area contributed by atoms with Crippen molar-refractivity contribution in [2.24, 2.45) is 5.92 Å². The lowest BCUT2D eigenvalue weighted by atomic mass is 10.1. The Balaban J connectivity index is 1.94. The van der Waals surface area contributed by atoms with Crippen molar-refractivity contribution in [3.8, 4) is 0 Å². The Bertz CT molecular complexity index is 527. The summed E-state index contributed by atoms with van der Waals surface area (Å²) in [5.74, 6) is 0.182. The number of rotatable bonds is 6. The first-order valence-corrected chi connectivity index (χ1v) is 7.17. The number of nitrogens with one attached hydrogen (secondary N) is 3. The van der Waals surface area contributed by atoms with E-state index in [1.807, 2.05) is 19.1 Å². The summed E-state index contributed by atoms with van der Waals surface area (Å²) < 4.78 is 0. The molecule has 6 nitrogen and oxygen atoms in total. The summed E-state index contributed by atoms with van der Waals surface area (Å²) in [6.45, 7) is 2.34. The van der Waals surface area contributed by atoms with Crippen LogP contribution in [0.15, 0.2) is 18.2 Å². The van der Waals surface area contributed by atoms with Crippen molar-refractivity contribution in [3.63, 3.8) is 0 Å². The summed E-state index contributed by atoms with van der Waals surface area (Å²) in [4.78, 5) is 23.4. The van der Waals surface area contributed by atoms with Gasteiger partial charge in [0.05, 0.1) is 0 Å². The number of carbonyl (C=O) groups excluding carboxylic acids is 2. The highest BCUT2D eigenvalue weighted by Crippen LogP contribution is 2.30. The van der Waals surface area contributed by atoms with Gasteiger partial charge in [-0.15, -0.1) is 0 Å². The summed E-state index contributed by atoms with van der Waals surface area (Å²) in [7, 11) is 0. The topological polar surface area (TPSA) is 90.5 Å². The molecule has 6 heteroatoms. The van der Waals surface area contributed by atoms with E-state index in [0.29, 0.717) is 24.3 Å². The highest BCUT2D eigenvalue weighted by molar-refractivity contribution is 5.96. The lowest BCUT2D eigenvalue weighted by Crippen LogP contribution is -2.30. The third-order valence-electron chi connectivity index (χ3n) is 3.32. The first kappa shape index (κ1) is 15.3. The number of aliphatic hydroxyl groups excluding tert-OH is 1. The van der Waals surface area contributed by atoms with Crippen LogP contribution in [0.5, 0.6) is 0 Å². The second-order valence-corrected chi connectivity index (χ2v) is 5.25. The maximum atomic E-state index is 11.7. The van der Waals surface area contributed by atoms with Crippen LogP contribution < -0.4 is 16.0 Å². The molecule has 1 aromatic carbocycles. The minimum atomic E-state index is -0.322. The number of aryl methyl sites for hydroxylation is 1. The molecule has 4 N–H and O–H groups in total. The highest BCUT2D eigenvalue weighted by Gasteiger charge is 2.29. The molecule has 0 atom stereocenters. The Hall–Kier alpha value is -2.08. The number of urea groups is 1. The van der Waals surface area contributed by atoms with Crippen molar-refractivity contribution in [3.05, 3.63) is 23.8 Å². The Morgan fingerprint density at radius 1 is 1.29 bits per heavy atom. The van der Waals surface area contributed by atoms with Gasteiger partial charge in [-0.25, -0.2) is 4.79 Å². The van der Waals surface area contributed by atoms with Crippen LogP contribution in [0.25, 0.3) is 0 Å². The molecular weight excluding hydrogens is 270 g/mol. The van der Waals surface area contributed by atoms with E-state index in [2.05, 4.69) is 16.0 Å². The number of benzene rings is 1. The van der Waals surface area contributed by atoms with Gasteiger partial charge in [0.15, 0.2) is 0 Å². The molecule has 0 radical (unpaired) electrons. The number of carbonyl (C=O) groups is 2. The van der Waals surface area contributed by atoms with Crippen molar-refractivity contribution in [2.45, 2.75) is 26.2 Å². The standard InChI is InChI=1S/C15H21N3O3/c1-10-3-6-12(17-14(20)11-4-5-11)9-13(10)18-15(21)16-7-2-8-19/h3,6,9,11,19H,2,4-5,7-8H2,1H3,(H,17,20)(H2,16,18,21). The van der Waals surface area contributed by atoms with E-state index < -0.39 is 0 Å². The summed E-state index contributed by atoms with van der Waals surface area (Å²) >= 11 is 0. The van der Waals surface area contributed by atoms with Gasteiger partial charge in [0, 0.05) is 30.4 Å². The second kappa shape index (κ2) is 7.08. The van der Waals surface area contributed by atoms with Crippen LogP contribution in [0.1, 0.15) is 24.8 Å². The summed E-state index contributed by atoms with van der Waals surface area (Å²) in [5, 5.41) is 16.9. The zero-order valence-electron chi connectivity index (χ0n) is 12.1. The van der Waals surface area contributed by atoms with Gasteiger partial charge in [0.1, 0.15) is 0 Å². The lowest BCUT2D eigenvalue weighted by Gasteiger charge is -2.12. The zero-order valence-corrected chi connectivity index (χ0v) is 12.1. The molecule has 1 fully saturated rings. The monoisotopic (exact) mass is 291 g/mol. The van der Waals surface area contributed by atoms with Crippen LogP contribution in [0, 0.1) is 12.8 Å². The summed E-state index contributed by atoms with van der Waals surface area (Å²) in [6.07, 6.45) is 2.43. The van der Waals surface area contributed by atoms with Crippen LogP contribution in [-0.2, 0) is 4.79 Å². The van der Waals surface area contributed by atoms with E-state index >= 15 is 0 Å². The highest BCUT2D eigenvalue weighted by atomic mass is 16.3. The van der Waals surface area contributed by atoms with E-state index in [1.54, 1.807) is 6.07 Å². The normalized spacial score (nSPS) is 13.6. The van der Waals surface area contributed by atoms with Crippen molar-refractivity contribution in [1.82, 2.24) is 5.32 Å². The Morgan fingerprint density at radius 3 is 2.71 bits per heavy atom. The number of aliphatic hydroxyl groups is 1. The first-order chi connectivity index (χ1) is 10.1. The van der Waals surface area contributed by atoms with Crippen molar-refractivity contribution in [1.29, 1.82) is 0 Å². The van der Waals surface area contributed by atoms with Crippen LogP contribution in [0.3, 0.4) is 0 Å². The third kappa shape index (κ3) is 4.75. The van der Waals surface area contributed by atoms with Gasteiger partial charge in [-0.2, -0.15) is 0 Å². The number of amides is 3. The molecule has 2 rings (SSSR count). The predicted octanol–water partition coefficient (Wildman–Crippen LogP) is 1.85. The van der Waals surface area contributed by atoms with E-state index in [4.69, 9.17) is 5.11 Å².